The number of Topliss-reactive ketones (excluding diaryl/α,β-unsaturated/α-hetero) is 1. The summed E-state index contributed by atoms with van der Waals surface area (Å²) in [7, 11) is 0. The number of para-hydroxylation sites is 1. The molecule has 1 fully saturated rings. The molecule has 1 aliphatic heterocycles. The van der Waals surface area contributed by atoms with Crippen LogP contribution < -0.4 is 15.1 Å². The fourth-order valence-corrected chi connectivity index (χ4v) is 4.29. The first-order valence-electron chi connectivity index (χ1n) is 10.4. The molecule has 1 aromatic carbocycles. The van der Waals surface area contributed by atoms with E-state index in [1.165, 1.54) is 9.80 Å². The molecule has 160 valence electrons. The number of aromatic nitrogens is 1. The van der Waals surface area contributed by atoms with Crippen molar-refractivity contribution in [1.82, 2.24) is 4.57 Å². The molecule has 3 rings (SSSR count). The second-order valence-electron chi connectivity index (χ2n) is 7.99. The van der Waals surface area contributed by atoms with Gasteiger partial charge in [0.2, 0.25) is 5.78 Å². The number of hydrogen-bond donors (Lipinski definition) is 3. The van der Waals surface area contributed by atoms with Gasteiger partial charge in [-0.1, -0.05) is 29.8 Å². The maximum Gasteiger partial charge on any atom is 0.279 e. The highest BCUT2D eigenvalue weighted by Gasteiger charge is 2.28. The smallest absolute Gasteiger partial charge is 0.279 e. The molecule has 0 unspecified atom stereocenters. The number of allylic oxidation sites excluding steroid dienone is 1. The monoisotopic (exact) mass is 430 g/mol. The molecular weight excluding hydrogens is 400 g/mol. The van der Waals surface area contributed by atoms with E-state index in [1.807, 2.05) is 38.1 Å². The highest BCUT2D eigenvalue weighted by molar-refractivity contribution is 6.33. The second-order valence-corrected chi connectivity index (χ2v) is 8.40. The number of piperazine rings is 1. The van der Waals surface area contributed by atoms with Crippen LogP contribution >= 0.6 is 11.6 Å². The summed E-state index contributed by atoms with van der Waals surface area (Å²) in [6, 6.07) is 9.24. The molecule has 0 atom stereocenters. The van der Waals surface area contributed by atoms with Crippen molar-refractivity contribution in [1.29, 1.82) is 0 Å². The predicted octanol–water partition coefficient (Wildman–Crippen LogP) is 0.549. The number of halogens is 1. The number of carbonyl (C=O) groups is 2. The lowest BCUT2D eigenvalue weighted by molar-refractivity contribution is -1.00. The van der Waals surface area contributed by atoms with Gasteiger partial charge >= 0.3 is 0 Å². The zero-order valence-electron chi connectivity index (χ0n) is 17.8. The Labute approximate surface area is 183 Å². The van der Waals surface area contributed by atoms with Gasteiger partial charge in [0, 0.05) is 23.5 Å². The van der Waals surface area contributed by atoms with Crippen molar-refractivity contribution in [3.63, 3.8) is 0 Å². The fourth-order valence-electron chi connectivity index (χ4n) is 4.11. The first-order valence-corrected chi connectivity index (χ1v) is 10.8. The second kappa shape index (κ2) is 10.1. The Bertz CT molecular complexity index is 929. The number of amides is 1. The van der Waals surface area contributed by atoms with Crippen LogP contribution in [0.2, 0.25) is 5.02 Å². The number of hydrogen-bond acceptors (Lipinski definition) is 2. The number of anilines is 1. The summed E-state index contributed by atoms with van der Waals surface area (Å²) >= 11 is 6.11. The first kappa shape index (κ1) is 22.3. The lowest BCUT2D eigenvalue weighted by Gasteiger charge is -2.29. The van der Waals surface area contributed by atoms with E-state index in [-0.39, 0.29) is 11.7 Å². The molecule has 0 radical (unpaired) electrons. The van der Waals surface area contributed by atoms with Gasteiger partial charge in [-0.05, 0) is 32.0 Å². The summed E-state index contributed by atoms with van der Waals surface area (Å²) in [4.78, 5) is 27.7. The normalized spacial score (nSPS) is 18.8. The maximum absolute atomic E-state index is 12.9. The Morgan fingerprint density at radius 2 is 1.77 bits per heavy atom. The van der Waals surface area contributed by atoms with Crippen LogP contribution in [0.1, 0.15) is 21.7 Å². The van der Waals surface area contributed by atoms with Crippen molar-refractivity contribution in [2.75, 3.05) is 44.6 Å². The molecule has 1 aliphatic rings. The third kappa shape index (κ3) is 5.39. The number of quaternary nitrogens is 2. The SMILES string of the molecule is C=CCn1c(C)cc(C(=O)C[NH+]2CC[NH+](CC(=O)Nc3ccccc3Cl)CC2)c1C. The van der Waals surface area contributed by atoms with Crippen LogP contribution in [0.5, 0.6) is 0 Å². The Kier molecular flexibility index (Phi) is 7.48. The van der Waals surface area contributed by atoms with Crippen molar-refractivity contribution in [3.05, 3.63) is 65.0 Å². The fraction of sp³-hybridized carbons (Fsp3) is 0.391. The van der Waals surface area contributed by atoms with Crippen LogP contribution in [-0.4, -0.2) is 55.5 Å². The van der Waals surface area contributed by atoms with E-state index in [9.17, 15) is 9.59 Å². The summed E-state index contributed by atoms with van der Waals surface area (Å²) < 4.78 is 2.12. The summed E-state index contributed by atoms with van der Waals surface area (Å²) in [5, 5.41) is 3.43. The van der Waals surface area contributed by atoms with Gasteiger partial charge in [-0.2, -0.15) is 0 Å². The zero-order chi connectivity index (χ0) is 21.7. The number of nitrogens with zero attached hydrogens (tertiary/aromatic N) is 1. The molecule has 1 amide bonds. The van der Waals surface area contributed by atoms with Crippen molar-refractivity contribution in [3.8, 4) is 0 Å². The Hall–Kier alpha value is -2.41. The number of nitrogens with one attached hydrogen (secondary N) is 3. The summed E-state index contributed by atoms with van der Waals surface area (Å²) in [6.45, 7) is 12.9. The van der Waals surface area contributed by atoms with Gasteiger partial charge in [0.05, 0.1) is 10.7 Å². The molecule has 30 heavy (non-hydrogen) atoms. The largest absolute Gasteiger partial charge is 0.345 e. The summed E-state index contributed by atoms with van der Waals surface area (Å²) in [6.07, 6.45) is 1.85. The minimum absolute atomic E-state index is 0.0349. The van der Waals surface area contributed by atoms with Crippen molar-refractivity contribution in [2.45, 2.75) is 20.4 Å². The van der Waals surface area contributed by atoms with Crippen molar-refractivity contribution in [2.24, 2.45) is 0 Å². The predicted molar refractivity (Wildman–Crippen MR) is 120 cm³/mol. The van der Waals surface area contributed by atoms with Gasteiger partial charge in [0.25, 0.3) is 5.91 Å². The lowest BCUT2D eigenvalue weighted by atomic mass is 10.1. The molecule has 2 aromatic rings. The summed E-state index contributed by atoms with van der Waals surface area (Å²) in [5.74, 6) is 0.153. The quantitative estimate of drug-likeness (QED) is 0.423. The Morgan fingerprint density at radius 3 is 2.40 bits per heavy atom. The molecule has 7 heteroatoms. The first-order chi connectivity index (χ1) is 14.4. The molecule has 0 aliphatic carbocycles. The van der Waals surface area contributed by atoms with Crippen molar-refractivity contribution < 1.29 is 19.4 Å². The molecule has 0 bridgehead atoms. The zero-order valence-corrected chi connectivity index (χ0v) is 18.5. The number of rotatable bonds is 8. The standard InChI is InChI=1S/C23H29ClN4O2/c1-4-9-28-17(2)14-19(18(28)3)22(29)15-26-10-12-27(13-11-26)16-23(30)25-21-8-6-5-7-20(21)24/h4-8,14H,1,9-13,15-16H2,2-3H3,(H,25,30)/p+2. The third-order valence-electron chi connectivity index (χ3n) is 5.82. The lowest BCUT2D eigenvalue weighted by Crippen LogP contribution is -3.28. The maximum atomic E-state index is 12.9. The van der Waals surface area contributed by atoms with Gasteiger partial charge in [-0.3, -0.25) is 9.59 Å². The van der Waals surface area contributed by atoms with Gasteiger partial charge in [-0.15, -0.1) is 6.58 Å². The van der Waals surface area contributed by atoms with E-state index in [4.69, 9.17) is 11.6 Å². The van der Waals surface area contributed by atoms with Crippen LogP contribution in [0.3, 0.4) is 0 Å². The summed E-state index contributed by atoms with van der Waals surface area (Å²) in [5.41, 5.74) is 3.56. The molecular formula is C23H31ClN4O2+2. The van der Waals surface area contributed by atoms with Crippen molar-refractivity contribution >= 4 is 29.0 Å². The Balaban J connectivity index is 1.48. The molecule has 6 nitrogen and oxygen atoms in total. The van der Waals surface area contributed by atoms with Gasteiger partial charge in [-0.25, -0.2) is 0 Å². The number of benzene rings is 1. The van der Waals surface area contributed by atoms with E-state index in [0.717, 1.165) is 49.7 Å². The van der Waals surface area contributed by atoms with Gasteiger partial charge in [0.1, 0.15) is 32.7 Å². The van der Waals surface area contributed by atoms with E-state index in [0.29, 0.717) is 23.8 Å². The van der Waals surface area contributed by atoms with Gasteiger partial charge in [0.15, 0.2) is 6.54 Å². The van der Waals surface area contributed by atoms with Crippen LogP contribution in [0.15, 0.2) is 43.0 Å². The molecule has 0 saturated carbocycles. The molecule has 1 aromatic heterocycles. The van der Waals surface area contributed by atoms with Gasteiger partial charge < -0.3 is 19.7 Å². The highest BCUT2D eigenvalue weighted by Crippen LogP contribution is 2.20. The number of aryl methyl sites for hydroxylation is 1. The third-order valence-corrected chi connectivity index (χ3v) is 6.15. The van der Waals surface area contributed by atoms with E-state index in [2.05, 4.69) is 16.5 Å². The molecule has 3 N–H and O–H groups in total. The number of carbonyl (C=O) groups excluding carboxylic acids is 2. The molecule has 1 saturated heterocycles. The van der Waals surface area contributed by atoms with Crippen LogP contribution in [0.25, 0.3) is 0 Å². The average molecular weight is 431 g/mol. The molecule has 2 heterocycles. The minimum atomic E-state index is -0.0349. The van der Waals surface area contributed by atoms with E-state index < -0.39 is 0 Å². The van der Waals surface area contributed by atoms with E-state index >= 15 is 0 Å². The topological polar surface area (TPSA) is 60.0 Å². The number of ketones is 1. The van der Waals surface area contributed by atoms with Crippen LogP contribution in [0, 0.1) is 13.8 Å². The average Bonchev–Trinajstić information content (AvgIpc) is 3.00. The minimum Gasteiger partial charge on any atom is -0.345 e. The Morgan fingerprint density at radius 1 is 1.13 bits per heavy atom. The highest BCUT2D eigenvalue weighted by atomic mass is 35.5. The van der Waals surface area contributed by atoms with E-state index in [1.54, 1.807) is 12.1 Å². The van der Waals surface area contributed by atoms with Crippen LogP contribution in [0.4, 0.5) is 5.69 Å². The van der Waals surface area contributed by atoms with Crippen LogP contribution in [-0.2, 0) is 11.3 Å². The molecule has 0 spiro atoms.